The molecular weight excluding hydrogens is 218 g/mol. The van der Waals surface area contributed by atoms with Gasteiger partial charge in [-0.25, -0.2) is 4.79 Å². The fourth-order valence-electron chi connectivity index (χ4n) is 0.963. The standard InChI is InChI=1S/C9H17NO4S/c1-6(4-14-3)15-5-8(9(12)13)10-7(2)11/h6,8H,4-5H2,1-3H3,(H,10,11)(H,12,13)/t6?,8-/m0/s1. The first kappa shape index (κ1) is 14.2. The van der Waals surface area contributed by atoms with E-state index < -0.39 is 12.0 Å². The number of aliphatic carboxylic acids is 1. The van der Waals surface area contributed by atoms with Crippen molar-refractivity contribution in [1.29, 1.82) is 0 Å². The second-order valence-corrected chi connectivity index (χ2v) is 4.66. The van der Waals surface area contributed by atoms with E-state index in [2.05, 4.69) is 5.32 Å². The number of nitrogens with one attached hydrogen (secondary N) is 1. The number of ether oxygens (including phenoxy) is 1. The van der Waals surface area contributed by atoms with Crippen LogP contribution >= 0.6 is 11.8 Å². The minimum absolute atomic E-state index is 0.214. The summed E-state index contributed by atoms with van der Waals surface area (Å²) in [6.45, 7) is 3.82. The molecule has 0 spiro atoms. The Kier molecular flexibility index (Phi) is 7.15. The minimum Gasteiger partial charge on any atom is -0.480 e. The number of hydrogen-bond acceptors (Lipinski definition) is 4. The number of amides is 1. The molecule has 0 rings (SSSR count). The van der Waals surface area contributed by atoms with Crippen molar-refractivity contribution in [2.75, 3.05) is 19.5 Å². The van der Waals surface area contributed by atoms with Gasteiger partial charge in [0.25, 0.3) is 0 Å². The van der Waals surface area contributed by atoms with Gasteiger partial charge in [-0.3, -0.25) is 4.79 Å². The highest BCUT2D eigenvalue weighted by atomic mass is 32.2. The third-order valence-electron chi connectivity index (χ3n) is 1.62. The van der Waals surface area contributed by atoms with Gasteiger partial charge < -0.3 is 15.2 Å². The Hall–Kier alpha value is -0.750. The number of methoxy groups -OCH3 is 1. The van der Waals surface area contributed by atoms with Gasteiger partial charge in [-0.2, -0.15) is 11.8 Å². The van der Waals surface area contributed by atoms with E-state index in [-0.39, 0.29) is 11.2 Å². The largest absolute Gasteiger partial charge is 0.480 e. The number of carbonyl (C=O) groups is 2. The van der Waals surface area contributed by atoms with Gasteiger partial charge in [0, 0.05) is 25.0 Å². The van der Waals surface area contributed by atoms with Crippen molar-refractivity contribution in [3.63, 3.8) is 0 Å². The monoisotopic (exact) mass is 235 g/mol. The Morgan fingerprint density at radius 2 is 2.13 bits per heavy atom. The lowest BCUT2D eigenvalue weighted by molar-refractivity contribution is -0.140. The summed E-state index contributed by atoms with van der Waals surface area (Å²) in [6, 6.07) is -0.827. The molecule has 15 heavy (non-hydrogen) atoms. The number of rotatable bonds is 7. The van der Waals surface area contributed by atoms with Crippen LogP contribution in [0.4, 0.5) is 0 Å². The summed E-state index contributed by atoms with van der Waals surface area (Å²) in [5, 5.41) is 11.4. The summed E-state index contributed by atoms with van der Waals surface area (Å²) >= 11 is 1.46. The SMILES string of the molecule is COCC(C)SC[C@H](NC(C)=O)C(=O)O. The van der Waals surface area contributed by atoms with Crippen LogP contribution in [0.15, 0.2) is 0 Å². The highest BCUT2D eigenvalue weighted by Crippen LogP contribution is 2.12. The van der Waals surface area contributed by atoms with E-state index in [4.69, 9.17) is 9.84 Å². The van der Waals surface area contributed by atoms with Gasteiger partial charge in [-0.05, 0) is 0 Å². The molecule has 0 bridgehead atoms. The number of thioether (sulfide) groups is 1. The quantitative estimate of drug-likeness (QED) is 0.665. The summed E-state index contributed by atoms with van der Waals surface area (Å²) in [6.07, 6.45) is 0. The number of carbonyl (C=O) groups excluding carboxylic acids is 1. The summed E-state index contributed by atoms with van der Waals surface area (Å²) in [4.78, 5) is 21.5. The average molecular weight is 235 g/mol. The van der Waals surface area contributed by atoms with Crippen LogP contribution in [-0.2, 0) is 14.3 Å². The normalized spacial score (nSPS) is 14.3. The fourth-order valence-corrected chi connectivity index (χ4v) is 1.94. The minimum atomic E-state index is -1.01. The second-order valence-electron chi connectivity index (χ2n) is 3.19. The second kappa shape index (κ2) is 7.53. The van der Waals surface area contributed by atoms with E-state index in [0.717, 1.165) is 0 Å². The molecule has 88 valence electrons. The zero-order valence-electron chi connectivity index (χ0n) is 9.15. The first-order valence-corrected chi connectivity index (χ1v) is 5.62. The van der Waals surface area contributed by atoms with Crippen molar-refractivity contribution in [3.8, 4) is 0 Å². The van der Waals surface area contributed by atoms with Crippen LogP contribution in [0.2, 0.25) is 0 Å². The first-order chi connectivity index (χ1) is 6.97. The summed E-state index contributed by atoms with van der Waals surface area (Å²) < 4.78 is 4.92. The van der Waals surface area contributed by atoms with Crippen LogP contribution in [0.3, 0.4) is 0 Å². The maximum Gasteiger partial charge on any atom is 0.327 e. The van der Waals surface area contributed by atoms with Crippen molar-refractivity contribution >= 4 is 23.6 Å². The van der Waals surface area contributed by atoms with E-state index in [9.17, 15) is 9.59 Å². The first-order valence-electron chi connectivity index (χ1n) is 4.57. The van der Waals surface area contributed by atoms with Crippen LogP contribution in [-0.4, -0.2) is 47.7 Å². The Balaban J connectivity index is 3.96. The van der Waals surface area contributed by atoms with E-state index in [1.54, 1.807) is 7.11 Å². The lowest BCUT2D eigenvalue weighted by Crippen LogP contribution is -2.41. The molecule has 0 aliphatic heterocycles. The third-order valence-corrected chi connectivity index (χ3v) is 2.86. The molecule has 2 atom stereocenters. The lowest BCUT2D eigenvalue weighted by Gasteiger charge is -2.15. The Morgan fingerprint density at radius 1 is 1.53 bits per heavy atom. The van der Waals surface area contributed by atoms with Gasteiger partial charge in [-0.1, -0.05) is 6.92 Å². The predicted octanol–water partition coefficient (Wildman–Crippen LogP) is 0.344. The smallest absolute Gasteiger partial charge is 0.327 e. The molecule has 5 nitrogen and oxygen atoms in total. The molecule has 6 heteroatoms. The molecular formula is C9H17NO4S. The van der Waals surface area contributed by atoms with Gasteiger partial charge in [0.05, 0.1) is 6.61 Å². The molecule has 0 fully saturated rings. The van der Waals surface area contributed by atoms with E-state index in [1.165, 1.54) is 18.7 Å². The molecule has 0 heterocycles. The van der Waals surface area contributed by atoms with Crippen molar-refractivity contribution < 1.29 is 19.4 Å². The molecule has 1 unspecified atom stereocenters. The van der Waals surface area contributed by atoms with Crippen molar-refractivity contribution in [3.05, 3.63) is 0 Å². The predicted molar refractivity (Wildman–Crippen MR) is 59.0 cm³/mol. The molecule has 0 aliphatic rings. The van der Waals surface area contributed by atoms with Crippen molar-refractivity contribution in [2.24, 2.45) is 0 Å². The van der Waals surface area contributed by atoms with Gasteiger partial charge in [0.2, 0.25) is 5.91 Å². The van der Waals surface area contributed by atoms with Crippen LogP contribution in [0.1, 0.15) is 13.8 Å². The highest BCUT2D eigenvalue weighted by molar-refractivity contribution is 7.99. The van der Waals surface area contributed by atoms with Crippen LogP contribution in [0.5, 0.6) is 0 Å². The zero-order chi connectivity index (χ0) is 11.8. The van der Waals surface area contributed by atoms with E-state index in [1.807, 2.05) is 6.92 Å². The van der Waals surface area contributed by atoms with Gasteiger partial charge in [0.1, 0.15) is 6.04 Å². The van der Waals surface area contributed by atoms with E-state index >= 15 is 0 Å². The van der Waals surface area contributed by atoms with Gasteiger partial charge in [0.15, 0.2) is 0 Å². The Labute approximate surface area is 93.6 Å². The van der Waals surface area contributed by atoms with Crippen LogP contribution in [0.25, 0.3) is 0 Å². The molecule has 2 N–H and O–H groups in total. The van der Waals surface area contributed by atoms with Gasteiger partial charge >= 0.3 is 5.97 Å². The number of hydrogen-bond donors (Lipinski definition) is 2. The number of carboxylic acid groups (broad SMARTS) is 1. The Bertz CT molecular complexity index is 222. The van der Waals surface area contributed by atoms with Crippen LogP contribution in [0, 0.1) is 0 Å². The fraction of sp³-hybridized carbons (Fsp3) is 0.778. The molecule has 0 aromatic carbocycles. The molecule has 0 aromatic heterocycles. The number of carboxylic acids is 1. The maximum atomic E-state index is 10.7. The molecule has 0 aromatic rings. The zero-order valence-corrected chi connectivity index (χ0v) is 9.97. The molecule has 0 saturated heterocycles. The van der Waals surface area contributed by atoms with Crippen LogP contribution < -0.4 is 5.32 Å². The lowest BCUT2D eigenvalue weighted by atomic mass is 10.3. The average Bonchev–Trinajstić information content (AvgIpc) is 2.11. The topological polar surface area (TPSA) is 75.6 Å². The highest BCUT2D eigenvalue weighted by Gasteiger charge is 2.19. The molecule has 0 saturated carbocycles. The molecule has 0 aliphatic carbocycles. The maximum absolute atomic E-state index is 10.7. The van der Waals surface area contributed by atoms with Crippen molar-refractivity contribution in [2.45, 2.75) is 25.1 Å². The third kappa shape index (κ3) is 7.21. The summed E-state index contributed by atoms with van der Waals surface area (Å²) in [5.74, 6) is -0.996. The Morgan fingerprint density at radius 3 is 2.53 bits per heavy atom. The molecule has 1 amide bonds. The summed E-state index contributed by atoms with van der Waals surface area (Å²) in [5.41, 5.74) is 0. The molecule has 0 radical (unpaired) electrons. The van der Waals surface area contributed by atoms with Gasteiger partial charge in [-0.15, -0.1) is 0 Å². The van der Waals surface area contributed by atoms with Crippen molar-refractivity contribution in [1.82, 2.24) is 5.32 Å². The van der Waals surface area contributed by atoms with E-state index in [0.29, 0.717) is 12.4 Å². The summed E-state index contributed by atoms with van der Waals surface area (Å²) in [7, 11) is 1.60.